The first-order valence-electron chi connectivity index (χ1n) is 6.54. The molecule has 0 atom stereocenters. The van der Waals surface area contributed by atoms with Gasteiger partial charge in [-0.05, 0) is 37.5 Å². The van der Waals surface area contributed by atoms with Crippen molar-refractivity contribution in [1.29, 1.82) is 0 Å². The molecule has 1 aliphatic carbocycles. The molecule has 5 heteroatoms. The predicted octanol–water partition coefficient (Wildman–Crippen LogP) is 2.99. The molecule has 1 aliphatic rings. The van der Waals surface area contributed by atoms with Gasteiger partial charge in [0, 0.05) is 19.0 Å². The minimum absolute atomic E-state index is 0.492. The number of halogens is 1. The Hall–Kier alpha value is -1.39. The van der Waals surface area contributed by atoms with Gasteiger partial charge in [0.25, 0.3) is 0 Å². The second-order valence-corrected chi connectivity index (χ2v) is 5.37. The van der Waals surface area contributed by atoms with Crippen molar-refractivity contribution in [3.05, 3.63) is 34.7 Å². The zero-order valence-electron chi connectivity index (χ0n) is 10.8. The largest absolute Gasteiger partial charge is 0.421 e. The zero-order chi connectivity index (χ0) is 13.2. The molecule has 0 unspecified atom stereocenters. The molecule has 1 N–H and O–H groups in total. The van der Waals surface area contributed by atoms with Crippen LogP contribution in [0.1, 0.15) is 24.3 Å². The monoisotopic (exact) mass is 277 g/mol. The molecule has 1 saturated carbocycles. The van der Waals surface area contributed by atoms with E-state index in [-0.39, 0.29) is 0 Å². The van der Waals surface area contributed by atoms with Gasteiger partial charge in [-0.3, -0.25) is 0 Å². The lowest BCUT2D eigenvalue weighted by molar-refractivity contribution is 0.494. The van der Waals surface area contributed by atoms with Gasteiger partial charge in [-0.15, -0.1) is 10.2 Å². The molecule has 0 saturated heterocycles. The van der Waals surface area contributed by atoms with Crippen molar-refractivity contribution in [3.8, 4) is 11.5 Å². The molecule has 2 aromatic rings. The van der Waals surface area contributed by atoms with Gasteiger partial charge in [-0.25, -0.2) is 0 Å². The predicted molar refractivity (Wildman–Crippen MR) is 74.2 cm³/mol. The van der Waals surface area contributed by atoms with Crippen LogP contribution < -0.4 is 5.32 Å². The van der Waals surface area contributed by atoms with Crippen molar-refractivity contribution in [3.63, 3.8) is 0 Å². The van der Waals surface area contributed by atoms with Crippen LogP contribution in [-0.2, 0) is 6.42 Å². The maximum absolute atomic E-state index is 6.19. The van der Waals surface area contributed by atoms with Crippen molar-refractivity contribution in [2.24, 2.45) is 0 Å². The zero-order valence-corrected chi connectivity index (χ0v) is 11.6. The van der Waals surface area contributed by atoms with E-state index in [0.717, 1.165) is 24.1 Å². The van der Waals surface area contributed by atoms with Crippen molar-refractivity contribution >= 4 is 11.6 Å². The first kappa shape index (κ1) is 12.6. The average molecular weight is 278 g/mol. The number of nitrogens with zero attached hydrogens (tertiary/aromatic N) is 2. The Balaban J connectivity index is 1.68. The minimum Gasteiger partial charge on any atom is -0.421 e. The molecule has 0 aliphatic heterocycles. The lowest BCUT2D eigenvalue weighted by atomic mass is 10.1. The molecule has 0 amide bonds. The number of aromatic nitrogens is 2. The Labute approximate surface area is 117 Å². The highest BCUT2D eigenvalue weighted by molar-refractivity contribution is 6.33. The standard InChI is InChI=1S/C14H16ClN3O/c1-9-2-5-11(12(15)8-9)14-18-17-13(19-14)6-7-16-10-3-4-10/h2,5,8,10,16H,3-4,6-7H2,1H3. The Morgan fingerprint density at radius 1 is 1.37 bits per heavy atom. The summed E-state index contributed by atoms with van der Waals surface area (Å²) in [5.74, 6) is 1.14. The summed E-state index contributed by atoms with van der Waals surface area (Å²) < 4.78 is 5.65. The molecule has 1 fully saturated rings. The van der Waals surface area contributed by atoms with E-state index in [1.165, 1.54) is 12.8 Å². The van der Waals surface area contributed by atoms with Crippen molar-refractivity contribution in [2.75, 3.05) is 6.54 Å². The number of rotatable bonds is 5. The highest BCUT2D eigenvalue weighted by Gasteiger charge is 2.20. The van der Waals surface area contributed by atoms with Crippen LogP contribution in [0.2, 0.25) is 5.02 Å². The fourth-order valence-electron chi connectivity index (χ4n) is 1.93. The summed E-state index contributed by atoms with van der Waals surface area (Å²) in [5.41, 5.74) is 1.91. The molecular weight excluding hydrogens is 262 g/mol. The van der Waals surface area contributed by atoms with E-state index < -0.39 is 0 Å². The third-order valence-corrected chi connectivity index (χ3v) is 3.48. The molecule has 19 heavy (non-hydrogen) atoms. The molecule has 0 radical (unpaired) electrons. The molecule has 1 heterocycles. The quantitative estimate of drug-likeness (QED) is 0.913. The van der Waals surface area contributed by atoms with Crippen LogP contribution in [-0.4, -0.2) is 22.8 Å². The van der Waals surface area contributed by atoms with Crippen LogP contribution in [0.15, 0.2) is 22.6 Å². The summed E-state index contributed by atoms with van der Waals surface area (Å²) in [6.45, 7) is 2.88. The van der Waals surface area contributed by atoms with E-state index in [2.05, 4.69) is 15.5 Å². The molecule has 0 spiro atoms. The normalized spacial score (nSPS) is 14.8. The van der Waals surface area contributed by atoms with E-state index in [9.17, 15) is 0 Å². The Morgan fingerprint density at radius 3 is 2.95 bits per heavy atom. The third-order valence-electron chi connectivity index (χ3n) is 3.17. The fourth-order valence-corrected chi connectivity index (χ4v) is 2.24. The van der Waals surface area contributed by atoms with Crippen LogP contribution >= 0.6 is 11.6 Å². The summed E-state index contributed by atoms with van der Waals surface area (Å²) in [6.07, 6.45) is 3.33. The van der Waals surface area contributed by atoms with Crippen molar-refractivity contribution in [1.82, 2.24) is 15.5 Å². The number of hydrogen-bond donors (Lipinski definition) is 1. The summed E-state index contributed by atoms with van der Waals surface area (Å²) >= 11 is 6.19. The maximum atomic E-state index is 6.19. The van der Waals surface area contributed by atoms with E-state index in [4.69, 9.17) is 16.0 Å². The summed E-state index contributed by atoms with van der Waals surface area (Å²) in [5, 5.41) is 12.2. The summed E-state index contributed by atoms with van der Waals surface area (Å²) in [6, 6.07) is 6.50. The van der Waals surface area contributed by atoms with Crippen LogP contribution in [0.5, 0.6) is 0 Å². The van der Waals surface area contributed by atoms with E-state index in [1.807, 2.05) is 25.1 Å². The second kappa shape index (κ2) is 5.31. The first-order chi connectivity index (χ1) is 9.22. The van der Waals surface area contributed by atoms with Gasteiger partial charge in [0.15, 0.2) is 0 Å². The number of nitrogens with one attached hydrogen (secondary N) is 1. The van der Waals surface area contributed by atoms with Crippen molar-refractivity contribution in [2.45, 2.75) is 32.2 Å². The minimum atomic E-state index is 0.492. The van der Waals surface area contributed by atoms with E-state index >= 15 is 0 Å². The van der Waals surface area contributed by atoms with Gasteiger partial charge < -0.3 is 9.73 Å². The summed E-state index contributed by atoms with van der Waals surface area (Å²) in [4.78, 5) is 0. The molecule has 3 rings (SSSR count). The van der Waals surface area contributed by atoms with Gasteiger partial charge in [0.05, 0.1) is 10.6 Å². The Bertz CT molecular complexity index is 578. The third kappa shape index (κ3) is 3.14. The number of aryl methyl sites for hydroxylation is 1. The molecular formula is C14H16ClN3O. The highest BCUT2D eigenvalue weighted by atomic mass is 35.5. The lowest BCUT2D eigenvalue weighted by Gasteiger charge is -2.00. The second-order valence-electron chi connectivity index (χ2n) is 4.96. The van der Waals surface area contributed by atoms with Gasteiger partial charge in [-0.2, -0.15) is 0 Å². The van der Waals surface area contributed by atoms with Gasteiger partial charge >= 0.3 is 0 Å². The van der Waals surface area contributed by atoms with Crippen LogP contribution in [0.3, 0.4) is 0 Å². The summed E-state index contributed by atoms with van der Waals surface area (Å²) in [7, 11) is 0. The first-order valence-corrected chi connectivity index (χ1v) is 6.92. The SMILES string of the molecule is Cc1ccc(-c2nnc(CCNC3CC3)o2)c(Cl)c1. The van der Waals surface area contributed by atoms with Crippen molar-refractivity contribution < 1.29 is 4.42 Å². The molecule has 100 valence electrons. The smallest absolute Gasteiger partial charge is 0.249 e. The average Bonchev–Trinajstić information content (AvgIpc) is 3.07. The number of hydrogen-bond acceptors (Lipinski definition) is 4. The van der Waals surface area contributed by atoms with Crippen LogP contribution in [0.25, 0.3) is 11.5 Å². The lowest BCUT2D eigenvalue weighted by Crippen LogP contribution is -2.19. The van der Waals surface area contributed by atoms with Gasteiger partial charge in [0.2, 0.25) is 11.8 Å². The van der Waals surface area contributed by atoms with Crippen LogP contribution in [0.4, 0.5) is 0 Å². The molecule has 1 aromatic heterocycles. The number of benzene rings is 1. The Kier molecular flexibility index (Phi) is 3.53. The molecule has 4 nitrogen and oxygen atoms in total. The van der Waals surface area contributed by atoms with E-state index in [1.54, 1.807) is 0 Å². The van der Waals surface area contributed by atoms with Gasteiger partial charge in [0.1, 0.15) is 0 Å². The fraction of sp³-hybridized carbons (Fsp3) is 0.429. The van der Waals surface area contributed by atoms with E-state index in [0.29, 0.717) is 22.8 Å². The molecule has 1 aromatic carbocycles. The highest BCUT2D eigenvalue weighted by Crippen LogP contribution is 2.27. The maximum Gasteiger partial charge on any atom is 0.249 e. The van der Waals surface area contributed by atoms with Gasteiger partial charge in [-0.1, -0.05) is 17.7 Å². The topological polar surface area (TPSA) is 51.0 Å². The Morgan fingerprint density at radius 2 is 2.21 bits per heavy atom. The molecule has 0 bridgehead atoms. The van der Waals surface area contributed by atoms with Crippen LogP contribution in [0, 0.1) is 6.92 Å².